The monoisotopic (exact) mass is 536 g/mol. The van der Waals surface area contributed by atoms with Gasteiger partial charge in [-0.2, -0.15) is 0 Å². The molecule has 38 heavy (non-hydrogen) atoms. The number of nitrogens with one attached hydrogen (secondary N) is 2. The zero-order chi connectivity index (χ0) is 28.5. The van der Waals surface area contributed by atoms with Gasteiger partial charge in [0.05, 0.1) is 26.4 Å². The lowest BCUT2D eigenvalue weighted by molar-refractivity contribution is -0.148. The minimum absolute atomic E-state index is 0.00899. The highest BCUT2D eigenvalue weighted by Gasteiger charge is 2.26. The normalized spacial score (nSPS) is 11.9. The molecule has 12 heteroatoms. The fourth-order valence-corrected chi connectivity index (χ4v) is 3.23. The zero-order valence-corrected chi connectivity index (χ0v) is 22.2. The van der Waals surface area contributed by atoms with Crippen LogP contribution in [0.3, 0.4) is 0 Å². The number of amides is 2. The maximum absolute atomic E-state index is 12.7. The lowest BCUT2D eigenvalue weighted by Gasteiger charge is -2.18. The van der Waals surface area contributed by atoms with Gasteiger partial charge >= 0.3 is 23.9 Å². The van der Waals surface area contributed by atoms with Crippen molar-refractivity contribution >= 4 is 35.7 Å². The van der Waals surface area contributed by atoms with Gasteiger partial charge in [0.1, 0.15) is 12.1 Å². The van der Waals surface area contributed by atoms with Crippen LogP contribution < -0.4 is 10.6 Å². The Morgan fingerprint density at radius 2 is 0.895 bits per heavy atom. The van der Waals surface area contributed by atoms with Crippen molar-refractivity contribution in [2.45, 2.75) is 65.5 Å². The molecular weight excluding hydrogens is 500 g/mol. The molecule has 2 N–H and O–H groups in total. The van der Waals surface area contributed by atoms with Crippen molar-refractivity contribution in [2.75, 3.05) is 26.4 Å². The van der Waals surface area contributed by atoms with Gasteiger partial charge in [-0.15, -0.1) is 0 Å². The molecule has 0 aliphatic heterocycles. The predicted molar refractivity (Wildman–Crippen MR) is 134 cm³/mol. The van der Waals surface area contributed by atoms with Crippen LogP contribution in [-0.2, 0) is 38.1 Å². The smallest absolute Gasteiger partial charge is 0.328 e. The Morgan fingerprint density at radius 3 is 1.18 bits per heavy atom. The Hall–Kier alpha value is -3.96. The number of carbonyl (C=O) groups is 6. The second-order valence-corrected chi connectivity index (χ2v) is 7.82. The van der Waals surface area contributed by atoms with Crippen LogP contribution in [-0.4, -0.2) is 74.2 Å². The molecule has 12 nitrogen and oxygen atoms in total. The first-order valence-electron chi connectivity index (χ1n) is 12.5. The number of carbonyl (C=O) groups excluding carboxylic acids is 6. The van der Waals surface area contributed by atoms with Crippen LogP contribution in [0.2, 0.25) is 0 Å². The van der Waals surface area contributed by atoms with Gasteiger partial charge in [0.2, 0.25) is 0 Å². The first-order chi connectivity index (χ1) is 18.2. The van der Waals surface area contributed by atoms with E-state index in [1.165, 1.54) is 24.3 Å². The highest BCUT2D eigenvalue weighted by atomic mass is 16.5. The van der Waals surface area contributed by atoms with Gasteiger partial charge in [-0.1, -0.05) is 0 Å². The Balaban J connectivity index is 2.87. The fourth-order valence-electron chi connectivity index (χ4n) is 3.23. The molecule has 2 amide bonds. The number of hydrogen-bond donors (Lipinski definition) is 2. The Labute approximate surface area is 221 Å². The molecule has 0 saturated heterocycles. The maximum Gasteiger partial charge on any atom is 0.328 e. The van der Waals surface area contributed by atoms with Crippen molar-refractivity contribution < 1.29 is 47.7 Å². The molecule has 0 aliphatic rings. The van der Waals surface area contributed by atoms with Crippen molar-refractivity contribution in [1.82, 2.24) is 10.6 Å². The van der Waals surface area contributed by atoms with Crippen LogP contribution in [0.15, 0.2) is 24.3 Å². The summed E-state index contributed by atoms with van der Waals surface area (Å²) in [6.07, 6.45) is -0.196. The molecule has 0 unspecified atom stereocenters. The number of ether oxygens (including phenoxy) is 4. The van der Waals surface area contributed by atoms with E-state index in [9.17, 15) is 28.8 Å². The number of benzene rings is 1. The van der Waals surface area contributed by atoms with E-state index in [0.29, 0.717) is 0 Å². The minimum atomic E-state index is -1.07. The SMILES string of the molecule is CCOC(=O)CC[C@@H](NC(=O)c1ccc(C(=O)N[C@H](CCC(=O)OCC)C(=O)OCC)cc1)C(=O)OCC. The van der Waals surface area contributed by atoms with Crippen molar-refractivity contribution in [3.05, 3.63) is 35.4 Å². The highest BCUT2D eigenvalue weighted by molar-refractivity contribution is 6.00. The molecule has 0 heterocycles. The van der Waals surface area contributed by atoms with Crippen LogP contribution in [0.1, 0.15) is 74.1 Å². The van der Waals surface area contributed by atoms with Crippen LogP contribution in [0.4, 0.5) is 0 Å². The van der Waals surface area contributed by atoms with Crippen molar-refractivity contribution in [2.24, 2.45) is 0 Å². The molecule has 1 rings (SSSR count). The third-order valence-corrected chi connectivity index (χ3v) is 5.05. The third kappa shape index (κ3) is 11.4. The number of hydrogen-bond acceptors (Lipinski definition) is 10. The van der Waals surface area contributed by atoms with Gasteiger partial charge in [0.15, 0.2) is 0 Å². The zero-order valence-electron chi connectivity index (χ0n) is 22.2. The van der Waals surface area contributed by atoms with Gasteiger partial charge in [0, 0.05) is 24.0 Å². The Morgan fingerprint density at radius 1 is 0.579 bits per heavy atom. The first kappa shape index (κ1) is 32.1. The van der Waals surface area contributed by atoms with E-state index in [4.69, 9.17) is 18.9 Å². The molecule has 0 aliphatic carbocycles. The van der Waals surface area contributed by atoms with Gasteiger partial charge in [-0.3, -0.25) is 19.2 Å². The van der Waals surface area contributed by atoms with Crippen molar-refractivity contribution in [3.63, 3.8) is 0 Å². The summed E-state index contributed by atoms with van der Waals surface area (Å²) >= 11 is 0. The molecular formula is C26H36N2O10. The summed E-state index contributed by atoms with van der Waals surface area (Å²) in [5.41, 5.74) is 0.299. The van der Waals surface area contributed by atoms with E-state index in [1.807, 2.05) is 0 Å². The van der Waals surface area contributed by atoms with E-state index >= 15 is 0 Å². The van der Waals surface area contributed by atoms with Gasteiger partial charge in [-0.25, -0.2) is 9.59 Å². The van der Waals surface area contributed by atoms with Crippen molar-refractivity contribution in [3.8, 4) is 0 Å². The summed E-state index contributed by atoms with van der Waals surface area (Å²) < 4.78 is 19.7. The fraction of sp³-hybridized carbons (Fsp3) is 0.538. The molecule has 1 aromatic carbocycles. The van der Waals surface area contributed by atoms with E-state index < -0.39 is 47.8 Å². The van der Waals surface area contributed by atoms with Crippen molar-refractivity contribution in [1.29, 1.82) is 0 Å². The number of esters is 4. The summed E-state index contributed by atoms with van der Waals surface area (Å²) in [5.74, 6) is -3.61. The second-order valence-electron chi connectivity index (χ2n) is 7.82. The molecule has 0 saturated carbocycles. The van der Waals surface area contributed by atoms with Gasteiger partial charge in [-0.05, 0) is 64.8 Å². The lowest BCUT2D eigenvalue weighted by atomic mass is 10.1. The molecule has 2 atom stereocenters. The summed E-state index contributed by atoms with van der Waals surface area (Å²) in [7, 11) is 0. The summed E-state index contributed by atoms with van der Waals surface area (Å²) in [6, 6.07) is 3.34. The lowest BCUT2D eigenvalue weighted by Crippen LogP contribution is -2.42. The standard InChI is InChI=1S/C26H36N2O10/c1-5-35-21(29)15-13-19(25(33)37-7-3)27-23(31)17-9-11-18(12-10-17)24(32)28-20(26(34)38-8-4)14-16-22(30)36-6-2/h9-12,19-20H,5-8,13-16H2,1-4H3,(H,27,31)(H,28,32)/t19-,20-/m1/s1. The first-order valence-corrected chi connectivity index (χ1v) is 12.5. The van der Waals surface area contributed by atoms with Crippen LogP contribution in [0, 0.1) is 0 Å². The average Bonchev–Trinajstić information content (AvgIpc) is 2.89. The molecule has 0 bridgehead atoms. The Kier molecular flexibility index (Phi) is 14.8. The van der Waals surface area contributed by atoms with Crippen LogP contribution in [0.25, 0.3) is 0 Å². The van der Waals surface area contributed by atoms with E-state index in [-0.39, 0.29) is 63.2 Å². The van der Waals surface area contributed by atoms with E-state index in [0.717, 1.165) is 0 Å². The van der Waals surface area contributed by atoms with E-state index in [1.54, 1.807) is 27.7 Å². The quantitative estimate of drug-likeness (QED) is 0.235. The maximum atomic E-state index is 12.7. The summed E-state index contributed by atoms with van der Waals surface area (Å²) in [5, 5.41) is 5.07. The topological polar surface area (TPSA) is 163 Å². The molecule has 0 spiro atoms. The summed E-state index contributed by atoms with van der Waals surface area (Å²) in [4.78, 5) is 73.3. The Bertz CT molecular complexity index is 884. The molecule has 0 fully saturated rings. The molecule has 0 radical (unpaired) electrons. The molecule has 0 aromatic heterocycles. The predicted octanol–water partition coefficient (Wildman–Crippen LogP) is 1.70. The highest BCUT2D eigenvalue weighted by Crippen LogP contribution is 2.10. The van der Waals surface area contributed by atoms with Crippen LogP contribution in [0.5, 0.6) is 0 Å². The second kappa shape index (κ2) is 17.5. The van der Waals surface area contributed by atoms with Gasteiger partial charge < -0.3 is 29.6 Å². The largest absolute Gasteiger partial charge is 0.466 e. The average molecular weight is 537 g/mol. The van der Waals surface area contributed by atoms with Crippen LogP contribution >= 0.6 is 0 Å². The van der Waals surface area contributed by atoms with Gasteiger partial charge in [0.25, 0.3) is 11.8 Å². The molecule has 210 valence electrons. The molecule has 1 aromatic rings. The third-order valence-electron chi connectivity index (χ3n) is 5.05. The minimum Gasteiger partial charge on any atom is -0.466 e. The number of rotatable bonds is 16. The summed E-state index contributed by atoms with van der Waals surface area (Å²) in [6.45, 7) is 7.15. The van der Waals surface area contributed by atoms with E-state index in [2.05, 4.69) is 10.6 Å².